The van der Waals surface area contributed by atoms with Crippen molar-refractivity contribution >= 4 is 17.4 Å². The number of ether oxygens (including phenoxy) is 2. The molecule has 2 aromatic carbocycles. The molecule has 2 heterocycles. The van der Waals surface area contributed by atoms with Gasteiger partial charge in [0, 0.05) is 18.3 Å². The largest absolute Gasteiger partial charge is 0.454 e. The molecular formula is C21H16N4O3. The summed E-state index contributed by atoms with van der Waals surface area (Å²) in [5.41, 5.74) is 2.33. The van der Waals surface area contributed by atoms with Crippen molar-refractivity contribution in [3.8, 4) is 17.6 Å². The number of fused-ring (bicyclic) bond motifs is 1. The summed E-state index contributed by atoms with van der Waals surface area (Å²) in [5.74, 6) is 1.71. The molecule has 1 aliphatic rings. The third kappa shape index (κ3) is 3.71. The Morgan fingerprint density at radius 1 is 1.11 bits per heavy atom. The van der Waals surface area contributed by atoms with E-state index < -0.39 is 0 Å². The molecule has 0 saturated carbocycles. The first-order chi connectivity index (χ1) is 13.7. The van der Waals surface area contributed by atoms with E-state index in [4.69, 9.17) is 14.7 Å². The van der Waals surface area contributed by atoms with E-state index in [0.717, 1.165) is 17.1 Å². The zero-order valence-electron chi connectivity index (χ0n) is 14.8. The highest BCUT2D eigenvalue weighted by Crippen LogP contribution is 2.32. The molecule has 1 amide bonds. The maximum absolute atomic E-state index is 12.5. The smallest absolute Gasteiger partial charge is 0.255 e. The van der Waals surface area contributed by atoms with E-state index in [1.54, 1.807) is 42.6 Å². The van der Waals surface area contributed by atoms with Crippen molar-refractivity contribution in [3.63, 3.8) is 0 Å². The minimum Gasteiger partial charge on any atom is -0.454 e. The molecule has 0 spiro atoms. The second kappa shape index (κ2) is 7.68. The molecule has 0 radical (unpaired) electrons. The Morgan fingerprint density at radius 2 is 1.96 bits per heavy atom. The standard InChI is InChI=1S/C21H16N4O3/c22-11-16-3-1-2-4-17(16)25-21(26)15-7-8-23-20(10-15)24-12-14-5-6-18-19(9-14)28-13-27-18/h1-10H,12-13H2,(H,23,24)(H,25,26). The number of carbonyl (C=O) groups is 1. The number of pyridine rings is 1. The van der Waals surface area contributed by atoms with E-state index in [2.05, 4.69) is 21.7 Å². The van der Waals surface area contributed by atoms with Gasteiger partial charge in [0.05, 0.1) is 11.3 Å². The molecule has 28 heavy (non-hydrogen) atoms. The number of hydrogen-bond acceptors (Lipinski definition) is 6. The molecule has 1 aliphatic heterocycles. The first kappa shape index (κ1) is 17.4. The molecule has 1 aromatic heterocycles. The van der Waals surface area contributed by atoms with Gasteiger partial charge in [-0.25, -0.2) is 4.98 Å². The maximum Gasteiger partial charge on any atom is 0.255 e. The van der Waals surface area contributed by atoms with Crippen molar-refractivity contribution in [2.45, 2.75) is 6.54 Å². The summed E-state index contributed by atoms with van der Waals surface area (Å²) in [7, 11) is 0. The van der Waals surface area contributed by atoms with E-state index in [9.17, 15) is 4.79 Å². The highest BCUT2D eigenvalue weighted by Gasteiger charge is 2.13. The third-order valence-corrected chi connectivity index (χ3v) is 4.23. The lowest BCUT2D eigenvalue weighted by molar-refractivity contribution is 0.102. The molecule has 0 atom stereocenters. The average Bonchev–Trinajstić information content (AvgIpc) is 3.21. The van der Waals surface area contributed by atoms with Crippen LogP contribution in [0.15, 0.2) is 60.8 Å². The number of nitrogens with one attached hydrogen (secondary N) is 2. The van der Waals surface area contributed by atoms with Gasteiger partial charge in [-0.15, -0.1) is 0 Å². The van der Waals surface area contributed by atoms with Gasteiger partial charge in [0.2, 0.25) is 6.79 Å². The summed E-state index contributed by atoms with van der Waals surface area (Å²) in [5, 5.41) is 15.1. The number of benzene rings is 2. The van der Waals surface area contributed by atoms with Crippen LogP contribution < -0.4 is 20.1 Å². The normalized spacial score (nSPS) is 11.5. The number of nitriles is 1. The van der Waals surface area contributed by atoms with Crippen molar-refractivity contribution in [2.24, 2.45) is 0 Å². The molecule has 0 aliphatic carbocycles. The molecule has 7 nitrogen and oxygen atoms in total. The van der Waals surface area contributed by atoms with Crippen molar-refractivity contribution < 1.29 is 14.3 Å². The highest BCUT2D eigenvalue weighted by molar-refractivity contribution is 6.05. The van der Waals surface area contributed by atoms with Gasteiger partial charge < -0.3 is 20.1 Å². The molecule has 138 valence electrons. The topological polar surface area (TPSA) is 96.3 Å². The Bertz CT molecular complexity index is 1080. The van der Waals surface area contributed by atoms with E-state index in [-0.39, 0.29) is 12.7 Å². The number of amides is 1. The van der Waals surface area contributed by atoms with Gasteiger partial charge in [0.25, 0.3) is 5.91 Å². The zero-order valence-corrected chi connectivity index (χ0v) is 14.8. The fourth-order valence-electron chi connectivity index (χ4n) is 2.80. The van der Waals surface area contributed by atoms with Crippen molar-refractivity contribution in [1.29, 1.82) is 5.26 Å². The molecule has 7 heteroatoms. The molecule has 3 aromatic rings. The minimum atomic E-state index is -0.309. The number of hydrogen-bond donors (Lipinski definition) is 2. The summed E-state index contributed by atoms with van der Waals surface area (Å²) in [6.45, 7) is 0.756. The second-order valence-corrected chi connectivity index (χ2v) is 6.08. The quantitative estimate of drug-likeness (QED) is 0.711. The Hall–Kier alpha value is -4.05. The fraction of sp³-hybridized carbons (Fsp3) is 0.0952. The predicted octanol–water partition coefficient (Wildman–Crippen LogP) is 3.55. The number of anilines is 2. The molecule has 0 saturated heterocycles. The predicted molar refractivity (Wildman–Crippen MR) is 103 cm³/mol. The summed E-state index contributed by atoms with van der Waals surface area (Å²) in [6, 6.07) is 17.9. The number of rotatable bonds is 5. The van der Waals surface area contributed by atoms with Crippen molar-refractivity contribution in [1.82, 2.24) is 4.98 Å². The lowest BCUT2D eigenvalue weighted by Crippen LogP contribution is -2.13. The van der Waals surface area contributed by atoms with Gasteiger partial charge in [-0.1, -0.05) is 18.2 Å². The summed E-state index contributed by atoms with van der Waals surface area (Å²) >= 11 is 0. The maximum atomic E-state index is 12.5. The Morgan fingerprint density at radius 3 is 2.86 bits per heavy atom. The van der Waals surface area contributed by atoms with Crippen LogP contribution >= 0.6 is 0 Å². The van der Waals surface area contributed by atoms with Crippen LogP contribution in [0.3, 0.4) is 0 Å². The average molecular weight is 372 g/mol. The molecule has 0 unspecified atom stereocenters. The van der Waals surface area contributed by atoms with Crippen LogP contribution in [-0.2, 0) is 6.54 Å². The first-order valence-corrected chi connectivity index (χ1v) is 8.62. The fourth-order valence-corrected chi connectivity index (χ4v) is 2.80. The summed E-state index contributed by atoms with van der Waals surface area (Å²) < 4.78 is 10.7. The van der Waals surface area contributed by atoms with E-state index >= 15 is 0 Å². The highest BCUT2D eigenvalue weighted by atomic mass is 16.7. The number of carbonyl (C=O) groups excluding carboxylic acids is 1. The van der Waals surface area contributed by atoms with Crippen LogP contribution in [0, 0.1) is 11.3 Å². The van der Waals surface area contributed by atoms with Crippen LogP contribution in [0.1, 0.15) is 21.5 Å². The summed E-state index contributed by atoms with van der Waals surface area (Å²) in [4.78, 5) is 16.8. The Balaban J connectivity index is 1.44. The van der Waals surface area contributed by atoms with Crippen LogP contribution in [0.4, 0.5) is 11.5 Å². The molecule has 0 bridgehead atoms. The van der Waals surface area contributed by atoms with E-state index in [1.807, 2.05) is 18.2 Å². The van der Waals surface area contributed by atoms with Gasteiger partial charge in [0.15, 0.2) is 11.5 Å². The monoisotopic (exact) mass is 372 g/mol. The van der Waals surface area contributed by atoms with Gasteiger partial charge >= 0.3 is 0 Å². The number of para-hydroxylation sites is 1. The molecular weight excluding hydrogens is 356 g/mol. The van der Waals surface area contributed by atoms with E-state index in [0.29, 0.717) is 29.2 Å². The third-order valence-electron chi connectivity index (χ3n) is 4.23. The van der Waals surface area contributed by atoms with Crippen LogP contribution in [0.25, 0.3) is 0 Å². The summed E-state index contributed by atoms with van der Waals surface area (Å²) in [6.07, 6.45) is 1.56. The SMILES string of the molecule is N#Cc1ccccc1NC(=O)c1ccnc(NCc2ccc3c(c2)OCO3)c1. The van der Waals surface area contributed by atoms with Gasteiger partial charge in [-0.2, -0.15) is 5.26 Å². The second-order valence-electron chi connectivity index (χ2n) is 6.08. The minimum absolute atomic E-state index is 0.236. The van der Waals surface area contributed by atoms with Crippen LogP contribution in [0.5, 0.6) is 11.5 Å². The van der Waals surface area contributed by atoms with E-state index in [1.165, 1.54) is 0 Å². The molecule has 4 rings (SSSR count). The van der Waals surface area contributed by atoms with Crippen molar-refractivity contribution in [3.05, 3.63) is 77.5 Å². The van der Waals surface area contributed by atoms with Gasteiger partial charge in [-0.05, 0) is 42.0 Å². The lowest BCUT2D eigenvalue weighted by atomic mass is 10.1. The Kier molecular flexibility index (Phi) is 4.76. The van der Waals surface area contributed by atoms with Crippen LogP contribution in [0.2, 0.25) is 0 Å². The van der Waals surface area contributed by atoms with Gasteiger partial charge in [-0.3, -0.25) is 4.79 Å². The zero-order chi connectivity index (χ0) is 19.3. The lowest BCUT2D eigenvalue weighted by Gasteiger charge is -2.09. The molecule has 2 N–H and O–H groups in total. The van der Waals surface area contributed by atoms with Crippen molar-refractivity contribution in [2.75, 3.05) is 17.4 Å². The van der Waals surface area contributed by atoms with Crippen LogP contribution in [-0.4, -0.2) is 17.7 Å². The first-order valence-electron chi connectivity index (χ1n) is 8.62. The molecule has 0 fully saturated rings. The Labute approximate surface area is 161 Å². The van der Waals surface area contributed by atoms with Gasteiger partial charge in [0.1, 0.15) is 11.9 Å². The number of nitrogens with zero attached hydrogens (tertiary/aromatic N) is 2. The number of aromatic nitrogens is 1.